The molecule has 1 unspecified atom stereocenters. The molecule has 3 aromatic rings. The maximum absolute atomic E-state index is 14.4. The molecule has 0 aliphatic heterocycles. The molecule has 2 aromatic heterocycles. The summed E-state index contributed by atoms with van der Waals surface area (Å²) in [5.74, 6) is -0.626. The minimum Gasteiger partial charge on any atom is -0.421 e. The van der Waals surface area contributed by atoms with Crippen LogP contribution in [0.25, 0.3) is 11.3 Å². The number of benzene rings is 1. The van der Waals surface area contributed by atoms with Crippen LogP contribution >= 0.6 is 0 Å². The molecule has 0 aliphatic rings. The first-order valence-corrected chi connectivity index (χ1v) is 11.7. The Morgan fingerprint density at radius 1 is 1.19 bits per heavy atom. The Morgan fingerprint density at radius 3 is 2.59 bits per heavy atom. The van der Waals surface area contributed by atoms with E-state index in [1.807, 2.05) is 6.92 Å². The lowest BCUT2D eigenvalue weighted by Gasteiger charge is -2.15. The zero-order valence-electron chi connectivity index (χ0n) is 18.3. The van der Waals surface area contributed by atoms with E-state index in [1.54, 1.807) is 45.3 Å². The predicted molar refractivity (Wildman–Crippen MR) is 121 cm³/mol. The molecule has 1 aromatic carbocycles. The van der Waals surface area contributed by atoms with Gasteiger partial charge in [-0.15, -0.1) is 0 Å². The Hall–Kier alpha value is -3.27. The summed E-state index contributed by atoms with van der Waals surface area (Å²) in [6.45, 7) is 5.20. The van der Waals surface area contributed by atoms with Crippen LogP contribution in [0.1, 0.15) is 32.8 Å². The highest BCUT2D eigenvalue weighted by Crippen LogP contribution is 2.30. The second kappa shape index (κ2) is 9.47. The first-order chi connectivity index (χ1) is 15.1. The summed E-state index contributed by atoms with van der Waals surface area (Å²) >= 11 is 0. The van der Waals surface area contributed by atoms with Crippen LogP contribution in [0, 0.1) is 5.82 Å². The number of rotatable bonds is 8. The SMILES string of the molecule is CCc1cccc(F)c1Oc1nc(NS(=O)(=O)C(C)CC)cc(-c2ccc(=O)n(C)c2)n1. The van der Waals surface area contributed by atoms with Crippen molar-refractivity contribution in [3.05, 3.63) is 64.3 Å². The van der Waals surface area contributed by atoms with Gasteiger partial charge in [-0.2, -0.15) is 9.97 Å². The van der Waals surface area contributed by atoms with Gasteiger partial charge in [0.25, 0.3) is 0 Å². The highest BCUT2D eigenvalue weighted by molar-refractivity contribution is 7.93. The summed E-state index contributed by atoms with van der Waals surface area (Å²) in [6.07, 6.45) is 2.48. The molecule has 1 atom stereocenters. The van der Waals surface area contributed by atoms with Crippen molar-refractivity contribution in [3.63, 3.8) is 0 Å². The summed E-state index contributed by atoms with van der Waals surface area (Å²) in [5.41, 5.74) is 1.24. The van der Waals surface area contributed by atoms with E-state index in [2.05, 4.69) is 14.7 Å². The van der Waals surface area contributed by atoms with Gasteiger partial charge in [-0.3, -0.25) is 9.52 Å². The standard InChI is InChI=1S/C22H25FN4O4S/c1-5-14(3)32(29,30)26-19-12-18(16-10-11-20(28)27(4)13-16)24-22(25-19)31-21-15(6-2)8-7-9-17(21)23/h7-14H,5-6H2,1-4H3,(H,24,25,26). The Kier molecular flexibility index (Phi) is 6.93. The maximum atomic E-state index is 14.4. The molecular formula is C22H25FN4O4S. The minimum absolute atomic E-state index is 0.0199. The number of ether oxygens (including phenoxy) is 1. The van der Waals surface area contributed by atoms with Crippen molar-refractivity contribution in [1.82, 2.24) is 14.5 Å². The van der Waals surface area contributed by atoms with E-state index in [-0.39, 0.29) is 23.1 Å². The second-order valence-corrected chi connectivity index (χ2v) is 9.44. The Balaban J connectivity index is 2.12. The molecule has 170 valence electrons. The van der Waals surface area contributed by atoms with Gasteiger partial charge in [0.1, 0.15) is 5.82 Å². The first-order valence-electron chi connectivity index (χ1n) is 10.2. The average Bonchev–Trinajstić information content (AvgIpc) is 2.75. The van der Waals surface area contributed by atoms with Crippen molar-refractivity contribution < 1.29 is 17.5 Å². The summed E-state index contributed by atoms with van der Waals surface area (Å²) in [4.78, 5) is 20.2. The molecule has 8 nitrogen and oxygen atoms in total. The van der Waals surface area contributed by atoms with E-state index < -0.39 is 21.1 Å². The molecule has 0 saturated heterocycles. The summed E-state index contributed by atoms with van der Waals surface area (Å²) in [6, 6.07) is 8.70. The number of sulfonamides is 1. The van der Waals surface area contributed by atoms with Crippen LogP contribution in [0.4, 0.5) is 10.2 Å². The minimum atomic E-state index is -3.71. The lowest BCUT2D eigenvalue weighted by molar-refractivity contribution is 0.407. The molecule has 0 bridgehead atoms. The van der Waals surface area contributed by atoms with Gasteiger partial charge in [0.05, 0.1) is 10.9 Å². The zero-order valence-corrected chi connectivity index (χ0v) is 19.1. The number of aryl methyl sites for hydroxylation is 2. The van der Waals surface area contributed by atoms with Gasteiger partial charge < -0.3 is 9.30 Å². The number of nitrogens with zero attached hydrogens (tertiary/aromatic N) is 3. The fourth-order valence-corrected chi connectivity index (χ4v) is 3.96. The van der Waals surface area contributed by atoms with Crippen molar-refractivity contribution in [2.24, 2.45) is 7.05 Å². The number of pyridine rings is 1. The fraction of sp³-hybridized carbons (Fsp3) is 0.318. The number of hydrogen-bond acceptors (Lipinski definition) is 6. The highest BCUT2D eigenvalue weighted by Gasteiger charge is 2.21. The van der Waals surface area contributed by atoms with E-state index in [9.17, 15) is 17.6 Å². The predicted octanol–water partition coefficient (Wildman–Crippen LogP) is 3.88. The quantitative estimate of drug-likeness (QED) is 0.547. The molecule has 0 amide bonds. The maximum Gasteiger partial charge on any atom is 0.324 e. The van der Waals surface area contributed by atoms with Gasteiger partial charge in [0, 0.05) is 30.9 Å². The lowest BCUT2D eigenvalue weighted by Crippen LogP contribution is -2.25. The topological polar surface area (TPSA) is 103 Å². The van der Waals surface area contributed by atoms with Gasteiger partial charge in [-0.05, 0) is 37.5 Å². The monoisotopic (exact) mass is 460 g/mol. The first kappa shape index (κ1) is 23.4. The van der Waals surface area contributed by atoms with E-state index >= 15 is 0 Å². The largest absolute Gasteiger partial charge is 0.421 e. The molecule has 0 aliphatic carbocycles. The van der Waals surface area contributed by atoms with Crippen LogP contribution in [-0.2, 0) is 23.5 Å². The molecule has 32 heavy (non-hydrogen) atoms. The summed E-state index contributed by atoms with van der Waals surface area (Å²) < 4.78 is 49.1. The highest BCUT2D eigenvalue weighted by atomic mass is 32.2. The number of anilines is 1. The smallest absolute Gasteiger partial charge is 0.324 e. The van der Waals surface area contributed by atoms with Crippen LogP contribution in [0.2, 0.25) is 0 Å². The van der Waals surface area contributed by atoms with Gasteiger partial charge in [-0.1, -0.05) is 26.0 Å². The third-order valence-electron chi connectivity index (χ3n) is 5.06. The van der Waals surface area contributed by atoms with Gasteiger partial charge in [0.2, 0.25) is 15.6 Å². The van der Waals surface area contributed by atoms with Crippen LogP contribution in [0.5, 0.6) is 11.8 Å². The van der Waals surface area contributed by atoms with E-state index in [1.165, 1.54) is 22.8 Å². The summed E-state index contributed by atoms with van der Waals surface area (Å²) in [5, 5.41) is -0.652. The van der Waals surface area contributed by atoms with Crippen molar-refractivity contribution >= 4 is 15.8 Å². The van der Waals surface area contributed by atoms with E-state index in [0.717, 1.165) is 0 Å². The molecular weight excluding hydrogens is 435 g/mol. The second-order valence-electron chi connectivity index (χ2n) is 7.34. The van der Waals surface area contributed by atoms with Crippen molar-refractivity contribution in [1.29, 1.82) is 0 Å². The van der Waals surface area contributed by atoms with E-state index in [0.29, 0.717) is 29.7 Å². The van der Waals surface area contributed by atoms with Gasteiger partial charge >= 0.3 is 6.01 Å². The molecule has 0 radical (unpaired) electrons. The van der Waals surface area contributed by atoms with Crippen LogP contribution in [-0.4, -0.2) is 28.2 Å². The Labute approximate surface area is 186 Å². The zero-order chi connectivity index (χ0) is 23.5. The molecule has 0 fully saturated rings. The molecule has 10 heteroatoms. The number of halogens is 1. The van der Waals surface area contributed by atoms with Crippen LogP contribution in [0.15, 0.2) is 47.4 Å². The van der Waals surface area contributed by atoms with Crippen molar-refractivity contribution in [2.45, 2.75) is 38.9 Å². The van der Waals surface area contributed by atoms with Gasteiger partial charge in [-0.25, -0.2) is 12.8 Å². The van der Waals surface area contributed by atoms with Crippen molar-refractivity contribution in [3.8, 4) is 23.0 Å². The van der Waals surface area contributed by atoms with Crippen LogP contribution < -0.4 is 15.0 Å². The Morgan fingerprint density at radius 2 is 1.94 bits per heavy atom. The molecule has 1 N–H and O–H groups in total. The number of aromatic nitrogens is 3. The third-order valence-corrected chi connectivity index (χ3v) is 6.95. The Bertz CT molecular complexity index is 1290. The number of para-hydroxylation sites is 1. The van der Waals surface area contributed by atoms with Crippen LogP contribution in [0.3, 0.4) is 0 Å². The average molecular weight is 461 g/mol. The molecule has 0 spiro atoms. The van der Waals surface area contributed by atoms with E-state index in [4.69, 9.17) is 4.74 Å². The third kappa shape index (κ3) is 5.13. The summed E-state index contributed by atoms with van der Waals surface area (Å²) in [7, 11) is -2.13. The van der Waals surface area contributed by atoms with Gasteiger partial charge in [0.15, 0.2) is 11.6 Å². The van der Waals surface area contributed by atoms with Crippen molar-refractivity contribution in [2.75, 3.05) is 4.72 Å². The normalized spacial score (nSPS) is 12.4. The lowest BCUT2D eigenvalue weighted by atomic mass is 10.1. The number of hydrogen-bond donors (Lipinski definition) is 1. The number of nitrogens with one attached hydrogen (secondary N) is 1. The molecule has 2 heterocycles. The fourth-order valence-electron chi connectivity index (χ4n) is 2.92. The molecule has 0 saturated carbocycles. The molecule has 3 rings (SSSR count).